The molecule has 3 amide bonds. The Bertz CT molecular complexity index is 3030. The van der Waals surface area contributed by atoms with Crippen LogP contribution in [0.4, 0.5) is 26.0 Å². The molecule has 9 heterocycles. The molecular weight excluding hydrogens is 873 g/mol. The molecule has 1 atom stereocenters. The van der Waals surface area contributed by atoms with Crippen molar-refractivity contribution in [2.24, 2.45) is 13.0 Å². The number of hydrogen-bond acceptors (Lipinski definition) is 10. The number of carbonyl (C=O) groups is 3. The number of carbonyl (C=O) groups excluding carboxylic acids is 3. The first-order valence-corrected chi connectivity index (χ1v) is 24.0. The minimum atomic E-state index is -2.74. The van der Waals surface area contributed by atoms with Gasteiger partial charge in [-0.15, -0.1) is 0 Å². The van der Waals surface area contributed by atoms with Gasteiger partial charge in [0.05, 0.1) is 36.9 Å². The lowest BCUT2D eigenvalue weighted by Crippen LogP contribution is -2.44. The number of ether oxygens (including phenoxy) is 1. The maximum Gasteiger partial charge on any atom is 0.329 e. The van der Waals surface area contributed by atoms with E-state index in [0.717, 1.165) is 111 Å². The number of aromatic nitrogens is 6. The Morgan fingerprint density at radius 1 is 0.912 bits per heavy atom. The second-order valence-electron chi connectivity index (χ2n) is 19.3. The van der Waals surface area contributed by atoms with Crippen molar-refractivity contribution in [2.45, 2.75) is 89.8 Å². The summed E-state index contributed by atoms with van der Waals surface area (Å²) in [5, 5.41) is 7.77. The average molecular weight is 930 g/mol. The average Bonchev–Trinajstić information content (AvgIpc) is 4.04. The molecule has 1 unspecified atom stereocenters. The van der Waals surface area contributed by atoms with Gasteiger partial charge < -0.3 is 28.7 Å². The Balaban J connectivity index is 0.788. The van der Waals surface area contributed by atoms with Gasteiger partial charge in [-0.1, -0.05) is 0 Å². The van der Waals surface area contributed by atoms with E-state index >= 15 is 8.78 Å². The number of halogens is 2. The van der Waals surface area contributed by atoms with Gasteiger partial charge in [0.2, 0.25) is 17.7 Å². The van der Waals surface area contributed by atoms with Crippen molar-refractivity contribution in [3.8, 4) is 16.9 Å². The predicted molar refractivity (Wildman–Crippen MR) is 253 cm³/mol. The van der Waals surface area contributed by atoms with Crippen molar-refractivity contribution in [1.29, 1.82) is 0 Å². The number of alkyl halides is 2. The maximum atomic E-state index is 15.2. The third kappa shape index (κ3) is 7.69. The Morgan fingerprint density at radius 2 is 1.72 bits per heavy atom. The number of methoxy groups -OCH3 is 1. The molecule has 18 heteroatoms. The number of piperidine rings is 3. The molecule has 5 aliphatic rings. The van der Waals surface area contributed by atoms with Crippen LogP contribution in [-0.2, 0) is 40.8 Å². The van der Waals surface area contributed by atoms with Crippen LogP contribution in [0.25, 0.3) is 27.8 Å². The summed E-state index contributed by atoms with van der Waals surface area (Å²) >= 11 is 0. The topological polar surface area (TPSA) is 147 Å². The van der Waals surface area contributed by atoms with Crippen LogP contribution < -0.4 is 25.5 Å². The molecule has 16 nitrogen and oxygen atoms in total. The van der Waals surface area contributed by atoms with Crippen LogP contribution in [0, 0.1) is 5.92 Å². The summed E-state index contributed by atoms with van der Waals surface area (Å²) in [6.07, 6.45) is 9.25. The normalized spacial score (nSPS) is 19.9. The standard InChI is InChI=1S/C50H57F2N11O5/c1-30(64)59-21-14-39-38(28-59)48(61-16-4-5-32-23-35(37(47(51)52)25-42(32)61)36-26-45-53-15-22-60(45)29-44(36)68-3)55-63(39)33-12-17-57(18-13-33)27-31-10-19-58(20-11-31)34-6-7-40-43(24-34)56(2)50(67)62(40)41-8-9-46(65)54-49(41)66/h6-7,15,22-26,29,31,33,41,47H,4-5,8-14,16-21,27-28H2,1-3H3,(H,54,65,66). The SMILES string of the molecule is COc1cn2ccnc2cc1-c1cc2c(cc1C(F)F)N(c1nn(C3CCN(CC4CCN(c5ccc6c(c5)n(C)c(=O)n6C5CCC(=O)NC5=O)CC4)CC3)c3c1CN(C(C)=O)CC3)CCC2. The van der Waals surface area contributed by atoms with E-state index in [0.29, 0.717) is 66.4 Å². The zero-order valence-corrected chi connectivity index (χ0v) is 38.8. The molecule has 0 radical (unpaired) electrons. The smallest absolute Gasteiger partial charge is 0.329 e. The summed E-state index contributed by atoms with van der Waals surface area (Å²) in [6.45, 7) is 8.02. The number of imidazole rings is 2. The van der Waals surface area contributed by atoms with E-state index in [-0.39, 0.29) is 35.5 Å². The first-order valence-electron chi connectivity index (χ1n) is 24.0. The van der Waals surface area contributed by atoms with Gasteiger partial charge in [-0.05, 0) is 98.4 Å². The molecule has 3 fully saturated rings. The highest BCUT2D eigenvalue weighted by atomic mass is 19.3. The lowest BCUT2D eigenvalue weighted by atomic mass is 9.91. The highest BCUT2D eigenvalue weighted by Crippen LogP contribution is 2.45. The largest absolute Gasteiger partial charge is 0.495 e. The summed E-state index contributed by atoms with van der Waals surface area (Å²) in [5.74, 6) is 1.07. The first kappa shape index (κ1) is 44.0. The van der Waals surface area contributed by atoms with Crippen LogP contribution in [0.3, 0.4) is 0 Å². The molecule has 356 valence electrons. The van der Waals surface area contributed by atoms with Crippen molar-refractivity contribution in [3.63, 3.8) is 0 Å². The van der Waals surface area contributed by atoms with E-state index in [4.69, 9.17) is 9.84 Å². The zero-order chi connectivity index (χ0) is 47.0. The second-order valence-corrected chi connectivity index (χ2v) is 19.3. The van der Waals surface area contributed by atoms with Gasteiger partial charge in [-0.25, -0.2) is 18.6 Å². The van der Waals surface area contributed by atoms with E-state index in [1.165, 1.54) is 4.57 Å². The van der Waals surface area contributed by atoms with Gasteiger partial charge in [0.25, 0.3) is 6.43 Å². The number of rotatable bonds is 9. The third-order valence-corrected chi connectivity index (χ3v) is 15.4. The fourth-order valence-corrected chi connectivity index (χ4v) is 11.7. The predicted octanol–water partition coefficient (Wildman–Crippen LogP) is 6.32. The Hall–Kier alpha value is -6.56. The second kappa shape index (κ2) is 17.5. The van der Waals surface area contributed by atoms with Crippen molar-refractivity contribution >= 4 is 51.6 Å². The van der Waals surface area contributed by atoms with Crippen LogP contribution in [0.5, 0.6) is 5.75 Å². The monoisotopic (exact) mass is 929 g/mol. The molecule has 0 spiro atoms. The van der Waals surface area contributed by atoms with Crippen LogP contribution in [0.1, 0.15) is 92.8 Å². The molecule has 0 aliphatic carbocycles. The molecule has 2 aromatic carbocycles. The number of hydrogen-bond donors (Lipinski definition) is 1. The van der Waals surface area contributed by atoms with Crippen molar-refractivity contribution < 1.29 is 27.9 Å². The lowest BCUT2D eigenvalue weighted by Gasteiger charge is -2.38. The number of likely N-dealkylation sites (tertiary alicyclic amines) is 1. The Morgan fingerprint density at radius 3 is 2.47 bits per heavy atom. The molecule has 5 aliphatic heterocycles. The molecule has 1 N–H and O–H groups in total. The molecule has 4 aromatic heterocycles. The maximum absolute atomic E-state index is 15.2. The van der Waals surface area contributed by atoms with E-state index in [1.54, 1.807) is 56.4 Å². The number of aryl methyl sites for hydroxylation is 2. The molecule has 3 saturated heterocycles. The van der Waals surface area contributed by atoms with E-state index < -0.39 is 18.4 Å². The molecule has 68 heavy (non-hydrogen) atoms. The van der Waals surface area contributed by atoms with E-state index in [1.807, 2.05) is 33.6 Å². The van der Waals surface area contributed by atoms with E-state index in [2.05, 4.69) is 29.7 Å². The molecule has 11 rings (SSSR count). The summed E-state index contributed by atoms with van der Waals surface area (Å²) in [5.41, 5.74) is 7.68. The van der Waals surface area contributed by atoms with Crippen LogP contribution in [-0.4, -0.2) is 109 Å². The van der Waals surface area contributed by atoms with Crippen LogP contribution >= 0.6 is 0 Å². The lowest BCUT2D eigenvalue weighted by molar-refractivity contribution is -0.135. The number of amides is 3. The minimum absolute atomic E-state index is 0.00953. The molecular formula is C50H57F2N11O5. The fourth-order valence-electron chi connectivity index (χ4n) is 11.7. The third-order valence-electron chi connectivity index (χ3n) is 15.4. The van der Waals surface area contributed by atoms with Crippen molar-refractivity contribution in [1.82, 2.24) is 43.4 Å². The number of fused-ring (bicyclic) bond motifs is 4. The number of benzene rings is 2. The summed E-state index contributed by atoms with van der Waals surface area (Å²) in [4.78, 5) is 64.0. The number of anilines is 3. The fraction of sp³-hybridized carbons (Fsp3) is 0.480. The first-order chi connectivity index (χ1) is 32.9. The molecule has 0 saturated carbocycles. The summed E-state index contributed by atoms with van der Waals surface area (Å²) in [6, 6.07) is 10.8. The number of imide groups is 1. The number of nitrogens with zero attached hydrogens (tertiary/aromatic N) is 10. The van der Waals surface area contributed by atoms with Gasteiger partial charge in [0.15, 0.2) is 5.82 Å². The van der Waals surface area contributed by atoms with E-state index in [9.17, 15) is 19.2 Å². The minimum Gasteiger partial charge on any atom is -0.495 e. The number of nitrogens with one attached hydrogen (secondary N) is 1. The molecule has 0 bridgehead atoms. The van der Waals surface area contributed by atoms with Crippen molar-refractivity contribution in [3.05, 3.63) is 87.9 Å². The Labute approximate surface area is 392 Å². The summed E-state index contributed by atoms with van der Waals surface area (Å²) in [7, 11) is 3.28. The van der Waals surface area contributed by atoms with Gasteiger partial charge >= 0.3 is 5.69 Å². The zero-order valence-electron chi connectivity index (χ0n) is 38.8. The van der Waals surface area contributed by atoms with Crippen LogP contribution in [0.15, 0.2) is 59.8 Å². The van der Waals surface area contributed by atoms with Gasteiger partial charge in [-0.2, -0.15) is 5.10 Å². The van der Waals surface area contributed by atoms with Gasteiger partial charge in [-0.3, -0.25) is 33.5 Å². The van der Waals surface area contributed by atoms with Gasteiger partial charge in [0.1, 0.15) is 17.4 Å². The number of pyridine rings is 1. The summed E-state index contributed by atoms with van der Waals surface area (Å²) < 4.78 is 43.3. The highest BCUT2D eigenvalue weighted by Gasteiger charge is 2.36. The van der Waals surface area contributed by atoms with Crippen LogP contribution in [0.2, 0.25) is 0 Å². The molecule has 6 aromatic rings. The van der Waals surface area contributed by atoms with Crippen molar-refractivity contribution in [2.75, 3.05) is 62.7 Å². The quantitative estimate of drug-likeness (QED) is 0.164. The Kier molecular flexibility index (Phi) is 11.3. The van der Waals surface area contributed by atoms with Gasteiger partial charge in [0, 0.05) is 119 Å². The highest BCUT2D eigenvalue weighted by molar-refractivity contribution is 6.00.